The molecule has 6 heteroatoms. The van der Waals surface area contributed by atoms with Crippen molar-refractivity contribution >= 4 is 17.6 Å². The van der Waals surface area contributed by atoms with Crippen LogP contribution in [0.15, 0.2) is 71.7 Å². The molecule has 0 unspecified atom stereocenters. The molecule has 0 radical (unpaired) electrons. The third-order valence-corrected chi connectivity index (χ3v) is 5.88. The van der Waals surface area contributed by atoms with Crippen molar-refractivity contribution in [3.63, 3.8) is 0 Å². The van der Waals surface area contributed by atoms with E-state index in [1.807, 2.05) is 36.4 Å². The molecule has 5 rings (SSSR count). The average molecular weight is 360 g/mol. The summed E-state index contributed by atoms with van der Waals surface area (Å²) in [5.74, 6) is -0.599. The zero-order valence-electron chi connectivity index (χ0n) is 14.3. The summed E-state index contributed by atoms with van der Waals surface area (Å²) in [4.78, 5) is 29.1. The SMILES string of the molecule is O=C1OC(c2ccccc2)=N[C@@]12[C@@H]1C=C[C@@H](C1)[C@@H]2c1ccccc1[N+](=O)[O-]. The fraction of sp³-hybridized carbons (Fsp3) is 0.238. The maximum Gasteiger partial charge on any atom is 0.342 e. The van der Waals surface area contributed by atoms with Gasteiger partial charge in [0.05, 0.1) is 4.92 Å². The molecule has 0 saturated heterocycles. The summed E-state index contributed by atoms with van der Waals surface area (Å²) < 4.78 is 5.60. The van der Waals surface area contributed by atoms with Gasteiger partial charge in [-0.2, -0.15) is 0 Å². The number of esters is 1. The predicted molar refractivity (Wildman–Crippen MR) is 98.4 cm³/mol. The normalized spacial score (nSPS) is 30.6. The summed E-state index contributed by atoms with van der Waals surface area (Å²) >= 11 is 0. The molecule has 0 N–H and O–H groups in total. The first-order chi connectivity index (χ1) is 13.1. The van der Waals surface area contributed by atoms with Gasteiger partial charge in [-0.3, -0.25) is 10.1 Å². The summed E-state index contributed by atoms with van der Waals surface area (Å²) in [7, 11) is 0. The minimum atomic E-state index is -1.13. The molecule has 0 aromatic heterocycles. The molecule has 27 heavy (non-hydrogen) atoms. The van der Waals surface area contributed by atoms with Gasteiger partial charge in [0.2, 0.25) is 5.90 Å². The number of aliphatic imine (C=N–C) groups is 1. The van der Waals surface area contributed by atoms with E-state index >= 15 is 0 Å². The van der Waals surface area contributed by atoms with Gasteiger partial charge in [-0.05, 0) is 24.5 Å². The molecule has 1 spiro atoms. The van der Waals surface area contributed by atoms with Crippen molar-refractivity contribution in [3.8, 4) is 0 Å². The Kier molecular flexibility index (Phi) is 3.31. The van der Waals surface area contributed by atoms with Crippen LogP contribution >= 0.6 is 0 Å². The average Bonchev–Trinajstić information content (AvgIpc) is 3.37. The van der Waals surface area contributed by atoms with Crippen molar-refractivity contribution in [1.82, 2.24) is 0 Å². The van der Waals surface area contributed by atoms with Crippen molar-refractivity contribution < 1.29 is 14.5 Å². The Morgan fingerprint density at radius 2 is 1.81 bits per heavy atom. The van der Waals surface area contributed by atoms with Crippen LogP contribution in [0.4, 0.5) is 5.69 Å². The lowest BCUT2D eigenvalue weighted by Crippen LogP contribution is -2.44. The second kappa shape index (κ2) is 5.61. The monoisotopic (exact) mass is 360 g/mol. The van der Waals surface area contributed by atoms with Gasteiger partial charge in [0.25, 0.3) is 5.69 Å². The van der Waals surface area contributed by atoms with Gasteiger partial charge in [0.15, 0.2) is 5.54 Å². The number of ether oxygens (including phenoxy) is 1. The van der Waals surface area contributed by atoms with Crippen LogP contribution in [-0.2, 0) is 9.53 Å². The van der Waals surface area contributed by atoms with Gasteiger partial charge in [0, 0.05) is 29.0 Å². The van der Waals surface area contributed by atoms with Crippen molar-refractivity contribution in [3.05, 3.63) is 88.0 Å². The fourth-order valence-electron chi connectivity index (χ4n) is 4.78. The molecule has 2 aromatic carbocycles. The number of carbonyl (C=O) groups excluding carboxylic acids is 1. The van der Waals surface area contributed by atoms with Crippen LogP contribution in [0.25, 0.3) is 0 Å². The number of para-hydroxylation sites is 1. The number of carbonyl (C=O) groups is 1. The van der Waals surface area contributed by atoms with E-state index in [4.69, 9.17) is 9.73 Å². The topological polar surface area (TPSA) is 81.8 Å². The maximum atomic E-state index is 13.1. The summed E-state index contributed by atoms with van der Waals surface area (Å²) in [6.45, 7) is 0. The zero-order valence-corrected chi connectivity index (χ0v) is 14.3. The lowest BCUT2D eigenvalue weighted by atomic mass is 9.72. The number of benzene rings is 2. The van der Waals surface area contributed by atoms with E-state index in [2.05, 4.69) is 6.08 Å². The first kappa shape index (κ1) is 15.9. The zero-order chi connectivity index (χ0) is 18.6. The minimum absolute atomic E-state index is 0.0268. The highest BCUT2D eigenvalue weighted by Crippen LogP contribution is 2.60. The highest BCUT2D eigenvalue weighted by atomic mass is 16.6. The third kappa shape index (κ3) is 2.13. The molecule has 1 aliphatic heterocycles. The molecule has 2 aromatic rings. The number of nitrogens with zero attached hydrogens (tertiary/aromatic N) is 2. The Labute approximate surface area is 155 Å². The quantitative estimate of drug-likeness (QED) is 0.362. The Hall–Kier alpha value is -3.28. The molecule has 2 bridgehead atoms. The smallest absolute Gasteiger partial charge is 0.342 e. The molecule has 1 saturated carbocycles. The van der Waals surface area contributed by atoms with Crippen LogP contribution in [0.3, 0.4) is 0 Å². The number of nitro groups is 1. The van der Waals surface area contributed by atoms with Crippen LogP contribution in [-0.4, -0.2) is 22.3 Å². The number of nitro benzene ring substituents is 1. The molecule has 134 valence electrons. The van der Waals surface area contributed by atoms with Crippen LogP contribution < -0.4 is 0 Å². The van der Waals surface area contributed by atoms with Crippen molar-refractivity contribution in [1.29, 1.82) is 0 Å². The van der Waals surface area contributed by atoms with Gasteiger partial charge in [0.1, 0.15) is 0 Å². The van der Waals surface area contributed by atoms with Crippen LogP contribution in [0.1, 0.15) is 23.5 Å². The fourth-order valence-corrected chi connectivity index (χ4v) is 4.78. The molecule has 6 nitrogen and oxygen atoms in total. The van der Waals surface area contributed by atoms with Crippen LogP contribution in [0.2, 0.25) is 0 Å². The van der Waals surface area contributed by atoms with Gasteiger partial charge in [-0.25, -0.2) is 9.79 Å². The number of fused-ring (bicyclic) bond motifs is 3. The predicted octanol–water partition coefficient (Wildman–Crippen LogP) is 3.63. The Morgan fingerprint density at radius 1 is 1.07 bits per heavy atom. The van der Waals surface area contributed by atoms with E-state index in [-0.39, 0.29) is 22.4 Å². The molecule has 1 fully saturated rings. The van der Waals surface area contributed by atoms with E-state index in [0.29, 0.717) is 11.5 Å². The lowest BCUT2D eigenvalue weighted by molar-refractivity contribution is -0.385. The molecular formula is C21H16N2O4. The summed E-state index contributed by atoms with van der Waals surface area (Å²) in [6, 6.07) is 15.9. The van der Waals surface area contributed by atoms with E-state index < -0.39 is 17.4 Å². The highest BCUT2D eigenvalue weighted by molar-refractivity contribution is 6.09. The minimum Gasteiger partial charge on any atom is -0.405 e. The molecular weight excluding hydrogens is 344 g/mol. The largest absolute Gasteiger partial charge is 0.405 e. The molecule has 1 heterocycles. The number of allylic oxidation sites excluding steroid dienone is 1. The molecule has 2 aliphatic carbocycles. The van der Waals surface area contributed by atoms with E-state index in [9.17, 15) is 14.9 Å². The summed E-state index contributed by atoms with van der Waals surface area (Å²) in [5.41, 5.74) is 0.181. The highest BCUT2D eigenvalue weighted by Gasteiger charge is 2.66. The maximum absolute atomic E-state index is 13.1. The number of hydrogen-bond donors (Lipinski definition) is 0. The van der Waals surface area contributed by atoms with Gasteiger partial charge in [-0.15, -0.1) is 0 Å². The standard InChI is InChI=1S/C21H16N2O4/c24-20-21(22-19(27-20)13-6-2-1-3-7-13)15-11-10-14(12-15)18(21)16-8-4-5-9-17(16)23(25)26/h1-11,14-15,18H,12H2/t14-,15+,18+,21+/m0/s1. The van der Waals surface area contributed by atoms with E-state index in [0.717, 1.165) is 12.0 Å². The van der Waals surface area contributed by atoms with E-state index in [1.165, 1.54) is 6.07 Å². The van der Waals surface area contributed by atoms with Gasteiger partial charge < -0.3 is 4.74 Å². The van der Waals surface area contributed by atoms with Crippen molar-refractivity contribution in [2.75, 3.05) is 0 Å². The van der Waals surface area contributed by atoms with Crippen LogP contribution in [0.5, 0.6) is 0 Å². The van der Waals surface area contributed by atoms with Crippen molar-refractivity contribution in [2.24, 2.45) is 16.8 Å². The summed E-state index contributed by atoms with van der Waals surface area (Å²) in [6.07, 6.45) is 4.81. The number of cyclic esters (lactones) is 1. The second-order valence-electron chi connectivity index (χ2n) is 7.18. The molecule has 4 atom stereocenters. The van der Waals surface area contributed by atoms with Gasteiger partial charge in [-0.1, -0.05) is 48.6 Å². The first-order valence-corrected chi connectivity index (χ1v) is 8.90. The van der Waals surface area contributed by atoms with Crippen molar-refractivity contribution in [2.45, 2.75) is 17.9 Å². The van der Waals surface area contributed by atoms with E-state index in [1.54, 1.807) is 18.2 Å². The summed E-state index contributed by atoms with van der Waals surface area (Å²) in [5, 5.41) is 11.6. The Bertz CT molecular complexity index is 1010. The molecule has 3 aliphatic rings. The molecule has 0 amide bonds. The lowest BCUT2D eigenvalue weighted by Gasteiger charge is -2.32. The number of hydrogen-bond acceptors (Lipinski definition) is 5. The number of rotatable bonds is 3. The Balaban J connectivity index is 1.69. The first-order valence-electron chi connectivity index (χ1n) is 8.90. The second-order valence-corrected chi connectivity index (χ2v) is 7.18. The third-order valence-electron chi connectivity index (χ3n) is 5.88. The van der Waals surface area contributed by atoms with Crippen LogP contribution in [0, 0.1) is 22.0 Å². The Morgan fingerprint density at radius 3 is 2.59 bits per heavy atom. The van der Waals surface area contributed by atoms with Gasteiger partial charge >= 0.3 is 5.97 Å².